The molecule has 0 aliphatic heterocycles. The van der Waals surface area contributed by atoms with Crippen molar-refractivity contribution in [2.45, 2.75) is 19.0 Å². The molecule has 1 N–H and O–H groups in total. The molecule has 1 aromatic rings. The van der Waals surface area contributed by atoms with Crippen LogP contribution in [0.5, 0.6) is 0 Å². The Labute approximate surface area is 114 Å². The van der Waals surface area contributed by atoms with Crippen LogP contribution in [0.3, 0.4) is 0 Å². The second kappa shape index (κ2) is 5.13. The van der Waals surface area contributed by atoms with Crippen LogP contribution < -0.4 is 5.32 Å². The van der Waals surface area contributed by atoms with E-state index in [2.05, 4.69) is 0 Å². The number of carbonyl (C=O) groups is 1. The predicted molar refractivity (Wildman–Crippen MR) is 60.8 cm³/mol. The van der Waals surface area contributed by atoms with E-state index in [1.54, 1.807) is 6.92 Å². The van der Waals surface area contributed by atoms with Gasteiger partial charge in [0.2, 0.25) is 0 Å². The molecule has 0 unspecified atom stereocenters. The zero-order valence-electron chi connectivity index (χ0n) is 9.21. The SMILES string of the molecule is Cc1cc(Cl)c(NC(=O)C(F)(F)C(F)(F)F)cc1Cl. The van der Waals surface area contributed by atoms with Crippen molar-refractivity contribution in [2.75, 3.05) is 5.32 Å². The van der Waals surface area contributed by atoms with Crippen molar-refractivity contribution in [3.63, 3.8) is 0 Å². The molecule has 1 aromatic carbocycles. The summed E-state index contributed by atoms with van der Waals surface area (Å²) in [6.45, 7) is 1.55. The largest absolute Gasteiger partial charge is 0.463 e. The Morgan fingerprint density at radius 2 is 1.63 bits per heavy atom. The molecule has 0 aliphatic rings. The Morgan fingerprint density at radius 1 is 1.11 bits per heavy atom. The molecule has 0 fully saturated rings. The van der Waals surface area contributed by atoms with Gasteiger partial charge in [-0.25, -0.2) is 0 Å². The molecule has 0 spiro atoms. The average molecular weight is 322 g/mol. The normalized spacial score (nSPS) is 12.4. The first-order valence-electron chi connectivity index (χ1n) is 4.68. The minimum Gasteiger partial charge on any atom is -0.319 e. The van der Waals surface area contributed by atoms with Gasteiger partial charge in [0.1, 0.15) is 0 Å². The molecular weight excluding hydrogens is 316 g/mol. The van der Waals surface area contributed by atoms with Crippen LogP contribution in [0.25, 0.3) is 0 Å². The maximum absolute atomic E-state index is 12.7. The molecule has 0 radical (unpaired) electrons. The van der Waals surface area contributed by atoms with Gasteiger partial charge in [0.05, 0.1) is 10.7 Å². The second-order valence-electron chi connectivity index (χ2n) is 3.61. The highest BCUT2D eigenvalue weighted by Crippen LogP contribution is 2.37. The maximum atomic E-state index is 12.7. The molecule has 2 nitrogen and oxygen atoms in total. The van der Waals surface area contributed by atoms with E-state index >= 15 is 0 Å². The van der Waals surface area contributed by atoms with Crippen molar-refractivity contribution in [2.24, 2.45) is 0 Å². The van der Waals surface area contributed by atoms with Crippen LogP contribution in [0.2, 0.25) is 10.0 Å². The third-order valence-electron chi connectivity index (χ3n) is 2.14. The van der Waals surface area contributed by atoms with Crippen molar-refractivity contribution < 1.29 is 26.7 Å². The molecule has 0 aromatic heterocycles. The number of carbonyl (C=O) groups excluding carboxylic acids is 1. The van der Waals surface area contributed by atoms with Gasteiger partial charge in [-0.05, 0) is 24.6 Å². The first-order valence-corrected chi connectivity index (χ1v) is 5.44. The molecule has 1 amide bonds. The molecule has 0 atom stereocenters. The average Bonchev–Trinajstić information content (AvgIpc) is 2.24. The maximum Gasteiger partial charge on any atom is 0.463 e. The van der Waals surface area contributed by atoms with Gasteiger partial charge >= 0.3 is 18.0 Å². The Hall–Kier alpha value is -1.08. The smallest absolute Gasteiger partial charge is 0.319 e. The minimum atomic E-state index is -5.99. The zero-order valence-corrected chi connectivity index (χ0v) is 10.7. The number of alkyl halides is 5. The summed E-state index contributed by atoms with van der Waals surface area (Å²) in [5.74, 6) is -8.05. The van der Waals surface area contributed by atoms with Crippen LogP contribution in [0.1, 0.15) is 5.56 Å². The Kier molecular flexibility index (Phi) is 4.31. The van der Waals surface area contributed by atoms with E-state index in [0.29, 0.717) is 5.56 Å². The van der Waals surface area contributed by atoms with Gasteiger partial charge in [0.25, 0.3) is 0 Å². The number of aryl methyl sites for hydroxylation is 1. The number of nitrogens with one attached hydrogen (secondary N) is 1. The summed E-state index contributed by atoms with van der Waals surface area (Å²) >= 11 is 11.3. The van der Waals surface area contributed by atoms with E-state index in [0.717, 1.165) is 6.07 Å². The van der Waals surface area contributed by atoms with Crippen LogP contribution in [0, 0.1) is 6.92 Å². The Balaban J connectivity index is 3.05. The summed E-state index contributed by atoms with van der Waals surface area (Å²) in [6.07, 6.45) is -5.99. The van der Waals surface area contributed by atoms with E-state index in [4.69, 9.17) is 23.2 Å². The van der Waals surface area contributed by atoms with Gasteiger partial charge in [-0.1, -0.05) is 23.2 Å². The molecule has 0 aliphatic carbocycles. The summed E-state index contributed by atoms with van der Waals surface area (Å²) in [5, 5.41) is 1.26. The number of amides is 1. The number of anilines is 1. The number of halogens is 7. The molecule has 19 heavy (non-hydrogen) atoms. The fourth-order valence-electron chi connectivity index (χ4n) is 1.07. The van der Waals surface area contributed by atoms with Crippen LogP contribution in [0.15, 0.2) is 12.1 Å². The quantitative estimate of drug-likeness (QED) is 0.802. The number of rotatable bonds is 2. The molecule has 106 valence electrons. The van der Waals surface area contributed by atoms with Gasteiger partial charge < -0.3 is 5.32 Å². The predicted octanol–water partition coefficient (Wildman–Crippen LogP) is 4.44. The van der Waals surface area contributed by atoms with Gasteiger partial charge in [0.15, 0.2) is 0 Å². The third-order valence-corrected chi connectivity index (χ3v) is 2.86. The highest BCUT2D eigenvalue weighted by atomic mass is 35.5. The topological polar surface area (TPSA) is 29.1 Å². The Morgan fingerprint density at radius 3 is 2.11 bits per heavy atom. The van der Waals surface area contributed by atoms with Gasteiger partial charge in [-0.3, -0.25) is 4.79 Å². The first-order chi connectivity index (χ1) is 8.46. The molecule has 0 heterocycles. The number of hydrogen-bond acceptors (Lipinski definition) is 1. The van der Waals surface area contributed by atoms with Crippen molar-refractivity contribution in [1.29, 1.82) is 0 Å². The van der Waals surface area contributed by atoms with Crippen molar-refractivity contribution in [3.05, 3.63) is 27.7 Å². The summed E-state index contributed by atoms with van der Waals surface area (Å²) in [4.78, 5) is 10.9. The second-order valence-corrected chi connectivity index (χ2v) is 4.42. The number of benzene rings is 1. The summed E-state index contributed by atoms with van der Waals surface area (Å²) < 4.78 is 61.3. The summed E-state index contributed by atoms with van der Waals surface area (Å²) in [5.41, 5.74) is 0.0541. The minimum absolute atomic E-state index is 0.0648. The molecule has 1 rings (SSSR count). The van der Waals surface area contributed by atoms with E-state index in [9.17, 15) is 26.7 Å². The lowest BCUT2D eigenvalue weighted by Gasteiger charge is -2.19. The van der Waals surface area contributed by atoms with Crippen LogP contribution >= 0.6 is 23.2 Å². The molecule has 0 bridgehead atoms. The molecule has 9 heteroatoms. The van der Waals surface area contributed by atoms with Crippen molar-refractivity contribution in [3.8, 4) is 0 Å². The molecule has 0 saturated carbocycles. The first kappa shape index (κ1) is 16.0. The van der Waals surface area contributed by atoms with E-state index in [-0.39, 0.29) is 10.0 Å². The lowest BCUT2D eigenvalue weighted by molar-refractivity contribution is -0.267. The molecule has 0 saturated heterocycles. The lowest BCUT2D eigenvalue weighted by Crippen LogP contribution is -2.47. The van der Waals surface area contributed by atoms with Crippen LogP contribution in [-0.2, 0) is 4.79 Å². The third kappa shape index (κ3) is 3.27. The monoisotopic (exact) mass is 321 g/mol. The fourth-order valence-corrected chi connectivity index (χ4v) is 1.50. The Bertz CT molecular complexity index is 515. The van der Waals surface area contributed by atoms with Crippen LogP contribution in [-0.4, -0.2) is 18.0 Å². The zero-order chi connectivity index (χ0) is 15.0. The van der Waals surface area contributed by atoms with Crippen LogP contribution in [0.4, 0.5) is 27.6 Å². The molecular formula is C10H6Cl2F5NO. The van der Waals surface area contributed by atoms with Gasteiger partial charge in [0, 0.05) is 5.02 Å². The summed E-state index contributed by atoms with van der Waals surface area (Å²) in [7, 11) is 0. The highest BCUT2D eigenvalue weighted by molar-refractivity contribution is 6.36. The summed E-state index contributed by atoms with van der Waals surface area (Å²) in [6, 6.07) is 2.22. The highest BCUT2D eigenvalue weighted by Gasteiger charge is 2.63. The fraction of sp³-hybridized carbons (Fsp3) is 0.300. The van der Waals surface area contributed by atoms with E-state index in [1.807, 2.05) is 0 Å². The lowest BCUT2D eigenvalue weighted by atomic mass is 10.2. The van der Waals surface area contributed by atoms with E-state index in [1.165, 1.54) is 11.4 Å². The number of hydrogen-bond donors (Lipinski definition) is 1. The standard InChI is InChI=1S/C10H6Cl2F5NO/c1-4-2-6(12)7(3-5(4)11)18-8(19)9(13,14)10(15,16)17/h2-3H,1H3,(H,18,19). The van der Waals surface area contributed by atoms with Crippen molar-refractivity contribution in [1.82, 2.24) is 0 Å². The van der Waals surface area contributed by atoms with Gasteiger partial charge in [-0.2, -0.15) is 22.0 Å². The van der Waals surface area contributed by atoms with Gasteiger partial charge in [-0.15, -0.1) is 0 Å². The van der Waals surface area contributed by atoms with Crippen molar-refractivity contribution >= 4 is 34.8 Å². The van der Waals surface area contributed by atoms with E-state index < -0.39 is 23.7 Å².